The van der Waals surface area contributed by atoms with Crippen LogP contribution in [0.1, 0.15) is 17.8 Å². The Kier molecular flexibility index (Phi) is 3.71. The summed E-state index contributed by atoms with van der Waals surface area (Å²) in [6, 6.07) is 3.87. The first kappa shape index (κ1) is 12.4. The summed E-state index contributed by atoms with van der Waals surface area (Å²) in [5.41, 5.74) is 5.60. The van der Waals surface area contributed by atoms with Gasteiger partial charge in [0, 0.05) is 4.88 Å². The number of hydrogen-bond donors (Lipinski definition) is 2. The minimum atomic E-state index is 0.0549. The minimum Gasteiger partial charge on any atom is -0.382 e. The van der Waals surface area contributed by atoms with E-state index in [0.717, 1.165) is 9.21 Å². The molecule has 90 valence electrons. The number of aromatic nitrogens is 2. The average Bonchev–Trinajstić information content (AvgIpc) is 2.72. The van der Waals surface area contributed by atoms with Gasteiger partial charge in [0.15, 0.2) is 5.82 Å². The molecule has 0 aromatic carbocycles. The van der Waals surface area contributed by atoms with Crippen molar-refractivity contribution in [1.29, 1.82) is 0 Å². The van der Waals surface area contributed by atoms with E-state index in [1.807, 2.05) is 19.1 Å². The smallest absolute Gasteiger partial charge is 0.150 e. The summed E-state index contributed by atoms with van der Waals surface area (Å²) in [7, 11) is 0. The molecule has 0 spiro atoms. The van der Waals surface area contributed by atoms with Crippen molar-refractivity contribution >= 4 is 46.2 Å². The standard InChI is InChI=1S/C10H10Cl2N4S/c1-5(6-2-3-7(11)17-6)16-10-8(12)9(13)14-4-15-10/h2-5H,1H3,(H3,13,14,15,16). The third kappa shape index (κ3) is 2.80. The van der Waals surface area contributed by atoms with Crippen LogP contribution >= 0.6 is 34.5 Å². The van der Waals surface area contributed by atoms with Crippen molar-refractivity contribution in [2.24, 2.45) is 0 Å². The van der Waals surface area contributed by atoms with Gasteiger partial charge in [-0.15, -0.1) is 11.3 Å². The van der Waals surface area contributed by atoms with Gasteiger partial charge in [0.25, 0.3) is 0 Å². The monoisotopic (exact) mass is 288 g/mol. The molecule has 4 nitrogen and oxygen atoms in total. The fraction of sp³-hybridized carbons (Fsp3) is 0.200. The second-order valence-electron chi connectivity index (χ2n) is 3.43. The highest BCUT2D eigenvalue weighted by Crippen LogP contribution is 2.31. The molecule has 2 rings (SSSR count). The van der Waals surface area contributed by atoms with E-state index in [1.165, 1.54) is 17.7 Å². The van der Waals surface area contributed by atoms with Gasteiger partial charge in [-0.1, -0.05) is 23.2 Å². The third-order valence-corrected chi connectivity index (χ3v) is 3.98. The molecule has 2 aromatic heterocycles. The van der Waals surface area contributed by atoms with Crippen LogP contribution < -0.4 is 11.1 Å². The Balaban J connectivity index is 2.18. The predicted octanol–water partition coefficient (Wildman–Crippen LogP) is 3.60. The van der Waals surface area contributed by atoms with Gasteiger partial charge < -0.3 is 11.1 Å². The van der Waals surface area contributed by atoms with E-state index in [9.17, 15) is 0 Å². The van der Waals surface area contributed by atoms with Crippen molar-refractivity contribution in [2.75, 3.05) is 11.1 Å². The Morgan fingerprint density at radius 1 is 1.35 bits per heavy atom. The molecular weight excluding hydrogens is 279 g/mol. The Labute approximate surface area is 113 Å². The lowest BCUT2D eigenvalue weighted by molar-refractivity contribution is 0.894. The van der Waals surface area contributed by atoms with E-state index in [-0.39, 0.29) is 11.9 Å². The van der Waals surface area contributed by atoms with Gasteiger partial charge in [0.1, 0.15) is 17.2 Å². The first-order valence-electron chi connectivity index (χ1n) is 4.85. The Morgan fingerprint density at radius 3 is 2.76 bits per heavy atom. The SMILES string of the molecule is CC(Nc1ncnc(N)c1Cl)c1ccc(Cl)s1. The number of nitrogens with two attached hydrogens (primary N) is 1. The average molecular weight is 289 g/mol. The van der Waals surface area contributed by atoms with E-state index in [0.29, 0.717) is 10.8 Å². The maximum absolute atomic E-state index is 5.99. The molecule has 1 unspecified atom stereocenters. The van der Waals surface area contributed by atoms with Crippen LogP contribution in [0.25, 0.3) is 0 Å². The van der Waals surface area contributed by atoms with Crippen molar-refractivity contribution in [3.8, 4) is 0 Å². The second-order valence-corrected chi connectivity index (χ2v) is 5.55. The fourth-order valence-electron chi connectivity index (χ4n) is 1.32. The van der Waals surface area contributed by atoms with Gasteiger partial charge in [-0.05, 0) is 19.1 Å². The van der Waals surface area contributed by atoms with Crippen LogP contribution in [0.4, 0.5) is 11.6 Å². The molecule has 0 fully saturated rings. The van der Waals surface area contributed by atoms with E-state index in [1.54, 1.807) is 0 Å². The lowest BCUT2D eigenvalue weighted by Gasteiger charge is -2.14. The Bertz CT molecular complexity index is 529. The maximum Gasteiger partial charge on any atom is 0.150 e. The molecule has 0 saturated carbocycles. The molecule has 7 heteroatoms. The highest BCUT2D eigenvalue weighted by atomic mass is 35.5. The Hall–Kier alpha value is -1.04. The normalized spacial score (nSPS) is 12.4. The molecule has 2 heterocycles. The largest absolute Gasteiger partial charge is 0.382 e. The fourth-order valence-corrected chi connectivity index (χ4v) is 2.54. The van der Waals surface area contributed by atoms with Crippen molar-refractivity contribution in [2.45, 2.75) is 13.0 Å². The maximum atomic E-state index is 5.99. The number of anilines is 2. The molecule has 0 bridgehead atoms. The van der Waals surface area contributed by atoms with Crippen LogP contribution in [0.15, 0.2) is 18.5 Å². The van der Waals surface area contributed by atoms with Crippen molar-refractivity contribution in [1.82, 2.24) is 9.97 Å². The number of nitrogens with one attached hydrogen (secondary N) is 1. The number of hydrogen-bond acceptors (Lipinski definition) is 5. The van der Waals surface area contributed by atoms with Gasteiger partial charge in [-0.2, -0.15) is 0 Å². The molecule has 0 saturated heterocycles. The van der Waals surface area contributed by atoms with Gasteiger partial charge in [0.05, 0.1) is 10.4 Å². The van der Waals surface area contributed by atoms with Gasteiger partial charge in [0.2, 0.25) is 0 Å². The Morgan fingerprint density at radius 2 is 2.12 bits per heavy atom. The second kappa shape index (κ2) is 5.08. The lowest BCUT2D eigenvalue weighted by Crippen LogP contribution is -2.08. The van der Waals surface area contributed by atoms with Crippen LogP contribution in [0.2, 0.25) is 9.36 Å². The number of rotatable bonds is 3. The topological polar surface area (TPSA) is 63.8 Å². The van der Waals surface area contributed by atoms with Crippen LogP contribution in [0, 0.1) is 0 Å². The zero-order valence-electron chi connectivity index (χ0n) is 8.95. The molecule has 0 radical (unpaired) electrons. The van der Waals surface area contributed by atoms with Gasteiger partial charge in [-0.3, -0.25) is 0 Å². The summed E-state index contributed by atoms with van der Waals surface area (Å²) in [5.74, 6) is 0.789. The number of halogens is 2. The predicted molar refractivity (Wildman–Crippen MR) is 72.8 cm³/mol. The first-order chi connectivity index (χ1) is 8.08. The molecule has 2 aromatic rings. The van der Waals surface area contributed by atoms with Crippen LogP contribution in [0.3, 0.4) is 0 Å². The van der Waals surface area contributed by atoms with E-state index in [4.69, 9.17) is 28.9 Å². The van der Waals surface area contributed by atoms with Crippen molar-refractivity contribution in [3.63, 3.8) is 0 Å². The van der Waals surface area contributed by atoms with E-state index < -0.39 is 0 Å². The van der Waals surface area contributed by atoms with Crippen LogP contribution in [-0.2, 0) is 0 Å². The summed E-state index contributed by atoms with van der Waals surface area (Å²) in [4.78, 5) is 8.95. The summed E-state index contributed by atoms with van der Waals surface area (Å²) < 4.78 is 0.752. The number of nitrogens with zero attached hydrogens (tertiary/aromatic N) is 2. The zero-order chi connectivity index (χ0) is 12.4. The number of nitrogen functional groups attached to an aromatic ring is 1. The first-order valence-corrected chi connectivity index (χ1v) is 6.43. The molecule has 17 heavy (non-hydrogen) atoms. The van der Waals surface area contributed by atoms with E-state index in [2.05, 4.69) is 15.3 Å². The summed E-state index contributed by atoms with van der Waals surface area (Å²) in [6.45, 7) is 2.00. The summed E-state index contributed by atoms with van der Waals surface area (Å²) >= 11 is 13.4. The quantitative estimate of drug-likeness (QED) is 0.906. The van der Waals surface area contributed by atoms with Gasteiger partial charge in [-0.25, -0.2) is 9.97 Å². The lowest BCUT2D eigenvalue weighted by atomic mass is 10.3. The molecule has 1 atom stereocenters. The molecule has 0 aliphatic carbocycles. The molecular formula is C10H10Cl2N4S. The molecule has 0 aliphatic heterocycles. The molecule has 0 amide bonds. The van der Waals surface area contributed by atoms with Crippen molar-refractivity contribution in [3.05, 3.63) is 32.7 Å². The summed E-state index contributed by atoms with van der Waals surface area (Å²) in [6.07, 6.45) is 1.37. The minimum absolute atomic E-state index is 0.0549. The molecule has 3 N–H and O–H groups in total. The zero-order valence-corrected chi connectivity index (χ0v) is 11.3. The van der Waals surface area contributed by atoms with E-state index >= 15 is 0 Å². The van der Waals surface area contributed by atoms with Crippen molar-refractivity contribution < 1.29 is 0 Å². The number of thiophene rings is 1. The third-order valence-electron chi connectivity index (χ3n) is 2.19. The molecule has 0 aliphatic rings. The highest BCUT2D eigenvalue weighted by Gasteiger charge is 2.12. The van der Waals surface area contributed by atoms with Crippen LogP contribution in [0.5, 0.6) is 0 Å². The van der Waals surface area contributed by atoms with Crippen LogP contribution in [-0.4, -0.2) is 9.97 Å². The summed E-state index contributed by atoms with van der Waals surface area (Å²) in [5, 5.41) is 3.50. The highest BCUT2D eigenvalue weighted by molar-refractivity contribution is 7.16. The van der Waals surface area contributed by atoms with Gasteiger partial charge >= 0.3 is 0 Å².